The molecule has 0 radical (unpaired) electrons. The van der Waals surface area contributed by atoms with E-state index in [-0.39, 0.29) is 6.04 Å². The fraction of sp³-hybridized carbons (Fsp3) is 0.545. The average molecular weight is 208 g/mol. The van der Waals surface area contributed by atoms with Crippen LogP contribution in [0.1, 0.15) is 24.0 Å². The molecule has 0 fully saturated rings. The second-order valence-electron chi connectivity index (χ2n) is 3.26. The minimum Gasteiger partial charge on any atom is -0.303 e. The Bertz CT molecular complexity index is 311. The van der Waals surface area contributed by atoms with Crippen molar-refractivity contribution >= 4 is 11.3 Å². The molecule has 0 saturated heterocycles. The lowest BCUT2D eigenvalue weighted by Crippen LogP contribution is -2.30. The summed E-state index contributed by atoms with van der Waals surface area (Å²) in [5.74, 6) is 2.75. The number of thiazole rings is 1. The summed E-state index contributed by atoms with van der Waals surface area (Å²) in [6.07, 6.45) is 7.38. The van der Waals surface area contributed by atoms with Crippen molar-refractivity contribution in [3.05, 3.63) is 16.1 Å². The number of aryl methyl sites for hydroxylation is 1. The molecule has 14 heavy (non-hydrogen) atoms. The third-order valence-electron chi connectivity index (χ3n) is 1.89. The van der Waals surface area contributed by atoms with E-state index in [0.717, 1.165) is 30.1 Å². The Morgan fingerprint density at radius 2 is 2.50 bits per heavy atom. The van der Waals surface area contributed by atoms with Gasteiger partial charge in [-0.1, -0.05) is 12.8 Å². The Balaban J connectivity index is 2.45. The van der Waals surface area contributed by atoms with Crippen molar-refractivity contribution < 1.29 is 0 Å². The van der Waals surface area contributed by atoms with E-state index < -0.39 is 0 Å². The van der Waals surface area contributed by atoms with Gasteiger partial charge in [0, 0.05) is 17.5 Å². The molecule has 0 saturated carbocycles. The molecule has 0 aliphatic heterocycles. The standard InChI is InChI=1S/C11H16N2S/c1-4-6-12-10(5-2)7-11-13-9(3)8-14-11/h2,8,10,12H,4,6-7H2,1,3H3. The molecule has 0 aromatic carbocycles. The Kier molecular flexibility index (Phi) is 4.64. The largest absolute Gasteiger partial charge is 0.303 e. The number of rotatable bonds is 5. The van der Waals surface area contributed by atoms with Crippen LogP contribution in [0.5, 0.6) is 0 Å². The van der Waals surface area contributed by atoms with E-state index in [4.69, 9.17) is 6.42 Å². The maximum absolute atomic E-state index is 5.43. The third kappa shape index (κ3) is 3.49. The first-order chi connectivity index (χ1) is 6.76. The van der Waals surface area contributed by atoms with E-state index in [9.17, 15) is 0 Å². The van der Waals surface area contributed by atoms with Crippen molar-refractivity contribution in [1.82, 2.24) is 10.3 Å². The van der Waals surface area contributed by atoms with Gasteiger partial charge in [0.1, 0.15) is 0 Å². The molecule has 0 aliphatic carbocycles. The minimum absolute atomic E-state index is 0.125. The lowest BCUT2D eigenvalue weighted by Gasteiger charge is -2.09. The molecule has 1 N–H and O–H groups in total. The van der Waals surface area contributed by atoms with E-state index in [1.807, 2.05) is 6.92 Å². The molecule has 0 spiro atoms. The van der Waals surface area contributed by atoms with E-state index in [0.29, 0.717) is 0 Å². The molecule has 1 rings (SSSR count). The van der Waals surface area contributed by atoms with Crippen LogP contribution in [0, 0.1) is 19.3 Å². The quantitative estimate of drug-likeness (QED) is 0.749. The van der Waals surface area contributed by atoms with Gasteiger partial charge in [-0.2, -0.15) is 0 Å². The van der Waals surface area contributed by atoms with Gasteiger partial charge in [0.05, 0.1) is 11.0 Å². The highest BCUT2D eigenvalue weighted by Gasteiger charge is 2.07. The fourth-order valence-corrected chi connectivity index (χ4v) is 2.00. The fourth-order valence-electron chi connectivity index (χ4n) is 1.18. The zero-order valence-electron chi connectivity index (χ0n) is 8.71. The van der Waals surface area contributed by atoms with Gasteiger partial charge in [-0.3, -0.25) is 0 Å². The topological polar surface area (TPSA) is 24.9 Å². The van der Waals surface area contributed by atoms with E-state index >= 15 is 0 Å². The summed E-state index contributed by atoms with van der Waals surface area (Å²) in [6.45, 7) is 5.11. The van der Waals surface area contributed by atoms with Gasteiger partial charge < -0.3 is 5.32 Å². The number of nitrogens with one attached hydrogen (secondary N) is 1. The van der Waals surface area contributed by atoms with Crippen LogP contribution in [0.3, 0.4) is 0 Å². The third-order valence-corrected chi connectivity index (χ3v) is 2.88. The first-order valence-corrected chi connectivity index (χ1v) is 5.74. The Morgan fingerprint density at radius 1 is 1.71 bits per heavy atom. The smallest absolute Gasteiger partial charge is 0.0953 e. The van der Waals surface area contributed by atoms with Crippen molar-refractivity contribution in [2.45, 2.75) is 32.7 Å². The van der Waals surface area contributed by atoms with Crippen LogP contribution in [0.2, 0.25) is 0 Å². The summed E-state index contributed by atoms with van der Waals surface area (Å²) in [7, 11) is 0. The number of aromatic nitrogens is 1. The van der Waals surface area contributed by atoms with Crippen molar-refractivity contribution in [3.8, 4) is 12.3 Å². The van der Waals surface area contributed by atoms with Crippen LogP contribution in [0.15, 0.2) is 5.38 Å². The second-order valence-corrected chi connectivity index (χ2v) is 4.20. The van der Waals surface area contributed by atoms with Crippen LogP contribution in [0.4, 0.5) is 0 Å². The lowest BCUT2D eigenvalue weighted by molar-refractivity contribution is 0.597. The van der Waals surface area contributed by atoms with Gasteiger partial charge in [-0.05, 0) is 19.9 Å². The highest BCUT2D eigenvalue weighted by molar-refractivity contribution is 7.09. The summed E-state index contributed by atoms with van der Waals surface area (Å²) in [5.41, 5.74) is 1.08. The normalized spacial score (nSPS) is 12.4. The molecule has 2 nitrogen and oxygen atoms in total. The molecule has 1 atom stereocenters. The summed E-state index contributed by atoms with van der Waals surface area (Å²) >= 11 is 1.68. The monoisotopic (exact) mass is 208 g/mol. The average Bonchev–Trinajstić information content (AvgIpc) is 2.58. The molecule has 0 aliphatic rings. The zero-order valence-corrected chi connectivity index (χ0v) is 9.53. The summed E-state index contributed by atoms with van der Waals surface area (Å²) in [6, 6.07) is 0.125. The van der Waals surface area contributed by atoms with Crippen LogP contribution in [-0.2, 0) is 6.42 Å². The Hall–Kier alpha value is -0.850. The van der Waals surface area contributed by atoms with Crippen molar-refractivity contribution in [2.24, 2.45) is 0 Å². The van der Waals surface area contributed by atoms with Gasteiger partial charge in [0.15, 0.2) is 0 Å². The highest BCUT2D eigenvalue weighted by atomic mass is 32.1. The molecule has 1 aromatic heterocycles. The van der Waals surface area contributed by atoms with Crippen LogP contribution in [-0.4, -0.2) is 17.6 Å². The van der Waals surface area contributed by atoms with Crippen LogP contribution in [0.25, 0.3) is 0 Å². The molecule has 0 bridgehead atoms. The number of hydrogen-bond donors (Lipinski definition) is 1. The van der Waals surface area contributed by atoms with Gasteiger partial charge in [-0.15, -0.1) is 17.8 Å². The van der Waals surface area contributed by atoms with Gasteiger partial charge in [-0.25, -0.2) is 4.98 Å². The number of hydrogen-bond acceptors (Lipinski definition) is 3. The molecule has 1 aromatic rings. The van der Waals surface area contributed by atoms with Gasteiger partial charge in [0.25, 0.3) is 0 Å². The highest BCUT2D eigenvalue weighted by Crippen LogP contribution is 2.10. The maximum atomic E-state index is 5.43. The first-order valence-electron chi connectivity index (χ1n) is 4.86. The van der Waals surface area contributed by atoms with Crippen LogP contribution < -0.4 is 5.32 Å². The SMILES string of the molecule is C#CC(Cc1nc(C)cs1)NCCC. The summed E-state index contributed by atoms with van der Waals surface area (Å²) in [5, 5.41) is 6.49. The number of nitrogens with zero attached hydrogens (tertiary/aromatic N) is 1. The molecule has 3 heteroatoms. The van der Waals surface area contributed by atoms with Gasteiger partial charge in [0.2, 0.25) is 0 Å². The van der Waals surface area contributed by atoms with Crippen molar-refractivity contribution in [1.29, 1.82) is 0 Å². The molecule has 1 unspecified atom stereocenters. The number of terminal acetylenes is 1. The summed E-state index contributed by atoms with van der Waals surface area (Å²) in [4.78, 5) is 4.39. The maximum Gasteiger partial charge on any atom is 0.0953 e. The predicted molar refractivity (Wildman–Crippen MR) is 61.5 cm³/mol. The van der Waals surface area contributed by atoms with Crippen molar-refractivity contribution in [2.75, 3.05) is 6.54 Å². The van der Waals surface area contributed by atoms with Crippen molar-refractivity contribution in [3.63, 3.8) is 0 Å². The molecule has 0 amide bonds. The molecular weight excluding hydrogens is 192 g/mol. The second kappa shape index (κ2) is 5.79. The molecule has 1 heterocycles. The Labute approximate surface area is 89.8 Å². The molecule has 76 valence electrons. The van der Waals surface area contributed by atoms with E-state index in [1.54, 1.807) is 11.3 Å². The van der Waals surface area contributed by atoms with Crippen LogP contribution >= 0.6 is 11.3 Å². The minimum atomic E-state index is 0.125. The molecular formula is C11H16N2S. The van der Waals surface area contributed by atoms with Gasteiger partial charge >= 0.3 is 0 Å². The zero-order chi connectivity index (χ0) is 10.4. The van der Waals surface area contributed by atoms with E-state index in [1.165, 1.54) is 0 Å². The lowest BCUT2D eigenvalue weighted by atomic mass is 10.2. The Morgan fingerprint density at radius 3 is 3.00 bits per heavy atom. The summed E-state index contributed by atoms with van der Waals surface area (Å²) < 4.78 is 0. The predicted octanol–water partition coefficient (Wildman–Crippen LogP) is 2.00. The van der Waals surface area contributed by atoms with E-state index in [2.05, 4.69) is 28.5 Å². The first kappa shape index (κ1) is 11.2.